The van der Waals surface area contributed by atoms with Crippen molar-refractivity contribution in [1.29, 1.82) is 0 Å². The van der Waals surface area contributed by atoms with Gasteiger partial charge in [0.1, 0.15) is 5.75 Å². The molecule has 126 valence electrons. The van der Waals surface area contributed by atoms with Crippen molar-refractivity contribution in [3.8, 4) is 16.9 Å². The average molecular weight is 337 g/mol. The third kappa shape index (κ3) is 4.96. The van der Waals surface area contributed by atoms with Crippen molar-refractivity contribution in [2.75, 3.05) is 27.2 Å². The van der Waals surface area contributed by atoms with Gasteiger partial charge in [-0.2, -0.15) is 5.10 Å². The van der Waals surface area contributed by atoms with Crippen LogP contribution in [0.2, 0.25) is 5.02 Å². The van der Waals surface area contributed by atoms with Crippen molar-refractivity contribution in [2.45, 2.75) is 26.5 Å². The topological polar surface area (TPSA) is 53.2 Å². The zero-order valence-corrected chi connectivity index (χ0v) is 14.9. The van der Waals surface area contributed by atoms with Crippen molar-refractivity contribution in [1.82, 2.24) is 20.4 Å². The van der Waals surface area contributed by atoms with E-state index in [1.54, 1.807) is 0 Å². The fourth-order valence-electron chi connectivity index (χ4n) is 2.34. The van der Waals surface area contributed by atoms with Crippen LogP contribution in [0.3, 0.4) is 0 Å². The Balaban J connectivity index is 2.16. The number of likely N-dealkylation sites (N-methyl/N-ethyl adjacent to an activating group) is 2. The molecule has 1 aromatic heterocycles. The number of hydrogen-bond acceptors (Lipinski definition) is 4. The first-order chi connectivity index (χ1) is 11.0. The molecular formula is C17H25ClN4O. The number of rotatable bonds is 8. The molecule has 0 unspecified atom stereocenters. The second-order valence-electron chi connectivity index (χ2n) is 5.90. The molecule has 1 aromatic carbocycles. The molecule has 0 aliphatic heterocycles. The first kappa shape index (κ1) is 17.8. The molecule has 5 nitrogen and oxygen atoms in total. The van der Waals surface area contributed by atoms with Crippen LogP contribution < -0.4 is 10.1 Å². The number of benzene rings is 1. The predicted molar refractivity (Wildman–Crippen MR) is 95.1 cm³/mol. The van der Waals surface area contributed by atoms with Crippen molar-refractivity contribution < 1.29 is 4.74 Å². The molecule has 0 saturated carbocycles. The number of aromatic nitrogens is 2. The maximum atomic E-state index is 6.34. The first-order valence-corrected chi connectivity index (χ1v) is 8.21. The van der Waals surface area contributed by atoms with Crippen LogP contribution in [-0.4, -0.2) is 48.4 Å². The Labute approximate surface area is 143 Å². The molecule has 2 rings (SSSR count). The van der Waals surface area contributed by atoms with E-state index in [0.29, 0.717) is 10.8 Å². The normalized spacial score (nSPS) is 11.4. The highest BCUT2D eigenvalue weighted by Gasteiger charge is 2.13. The molecule has 0 spiro atoms. The van der Waals surface area contributed by atoms with Crippen LogP contribution in [0.5, 0.6) is 5.75 Å². The number of H-pyrrole nitrogens is 1. The van der Waals surface area contributed by atoms with Crippen LogP contribution in [0.1, 0.15) is 19.5 Å². The Hall–Kier alpha value is -1.56. The second-order valence-corrected chi connectivity index (χ2v) is 6.31. The van der Waals surface area contributed by atoms with Crippen LogP contribution in [0, 0.1) is 0 Å². The van der Waals surface area contributed by atoms with Crippen molar-refractivity contribution in [3.63, 3.8) is 0 Å². The number of ether oxygens (including phenoxy) is 1. The Kier molecular flexibility index (Phi) is 6.45. The van der Waals surface area contributed by atoms with Crippen LogP contribution in [0.15, 0.2) is 24.4 Å². The van der Waals surface area contributed by atoms with Gasteiger partial charge in [-0.3, -0.25) is 10.00 Å². The molecule has 1 heterocycles. The number of hydrogen-bond donors (Lipinski definition) is 2. The van der Waals surface area contributed by atoms with Gasteiger partial charge in [-0.25, -0.2) is 0 Å². The van der Waals surface area contributed by atoms with Crippen LogP contribution in [0.4, 0.5) is 0 Å². The van der Waals surface area contributed by atoms with Gasteiger partial charge in [0.2, 0.25) is 0 Å². The van der Waals surface area contributed by atoms with E-state index in [1.165, 1.54) is 0 Å². The third-order valence-electron chi connectivity index (χ3n) is 3.49. The summed E-state index contributed by atoms with van der Waals surface area (Å²) in [5, 5.41) is 11.1. The number of halogens is 1. The van der Waals surface area contributed by atoms with Crippen molar-refractivity contribution in [3.05, 3.63) is 35.1 Å². The predicted octanol–water partition coefficient (Wildman–Crippen LogP) is 3.17. The molecule has 0 fully saturated rings. The van der Waals surface area contributed by atoms with E-state index in [0.717, 1.165) is 36.5 Å². The minimum absolute atomic E-state index is 0.101. The largest absolute Gasteiger partial charge is 0.489 e. The van der Waals surface area contributed by atoms with Crippen molar-refractivity contribution in [2.24, 2.45) is 0 Å². The van der Waals surface area contributed by atoms with Crippen LogP contribution >= 0.6 is 11.6 Å². The molecule has 2 aromatic rings. The minimum Gasteiger partial charge on any atom is -0.489 e. The van der Waals surface area contributed by atoms with Gasteiger partial charge in [-0.05, 0) is 45.6 Å². The lowest BCUT2D eigenvalue weighted by Gasteiger charge is -2.16. The third-order valence-corrected chi connectivity index (χ3v) is 3.78. The summed E-state index contributed by atoms with van der Waals surface area (Å²) in [5.74, 6) is 0.710. The monoisotopic (exact) mass is 336 g/mol. The fourth-order valence-corrected chi connectivity index (χ4v) is 2.57. The molecule has 0 bridgehead atoms. The van der Waals surface area contributed by atoms with E-state index in [-0.39, 0.29) is 6.10 Å². The zero-order chi connectivity index (χ0) is 16.8. The zero-order valence-electron chi connectivity index (χ0n) is 14.2. The van der Waals surface area contributed by atoms with Gasteiger partial charge >= 0.3 is 0 Å². The quantitative estimate of drug-likeness (QED) is 0.777. The summed E-state index contributed by atoms with van der Waals surface area (Å²) in [6, 6.07) is 5.87. The molecule has 0 amide bonds. The standard InChI is InChI=1S/C17H25ClN4O/c1-12(2)23-17-6-5-13(9-15(17)18)14-10-20-21-16(14)11-22(4)8-7-19-3/h5-6,9-10,12,19H,7-8,11H2,1-4H3,(H,20,21). The van der Waals surface area contributed by atoms with Gasteiger partial charge in [0.05, 0.1) is 16.8 Å². The maximum absolute atomic E-state index is 6.34. The summed E-state index contributed by atoms with van der Waals surface area (Å²) in [5.41, 5.74) is 3.12. The number of aromatic amines is 1. The summed E-state index contributed by atoms with van der Waals surface area (Å²) in [7, 11) is 4.04. The number of nitrogens with one attached hydrogen (secondary N) is 2. The van der Waals surface area contributed by atoms with Crippen molar-refractivity contribution >= 4 is 11.6 Å². The Morgan fingerprint density at radius 1 is 1.39 bits per heavy atom. The maximum Gasteiger partial charge on any atom is 0.138 e. The van der Waals surface area contributed by atoms with E-state index in [4.69, 9.17) is 16.3 Å². The Morgan fingerprint density at radius 2 is 2.17 bits per heavy atom. The highest BCUT2D eigenvalue weighted by molar-refractivity contribution is 6.32. The average Bonchev–Trinajstić information content (AvgIpc) is 2.95. The van der Waals surface area contributed by atoms with E-state index >= 15 is 0 Å². The first-order valence-electron chi connectivity index (χ1n) is 7.83. The Bertz CT molecular complexity index is 627. The smallest absolute Gasteiger partial charge is 0.138 e. The fraction of sp³-hybridized carbons (Fsp3) is 0.471. The summed E-state index contributed by atoms with van der Waals surface area (Å²) in [4.78, 5) is 2.23. The number of nitrogens with zero attached hydrogens (tertiary/aromatic N) is 2. The lowest BCUT2D eigenvalue weighted by molar-refractivity contribution is 0.242. The van der Waals surface area contributed by atoms with Gasteiger partial charge in [-0.1, -0.05) is 17.7 Å². The van der Waals surface area contributed by atoms with Crippen LogP contribution in [0.25, 0.3) is 11.1 Å². The van der Waals surface area contributed by atoms with E-state index in [1.807, 2.05) is 45.3 Å². The van der Waals surface area contributed by atoms with Gasteiger partial charge in [0.25, 0.3) is 0 Å². The molecular weight excluding hydrogens is 312 g/mol. The molecule has 0 atom stereocenters. The highest BCUT2D eigenvalue weighted by Crippen LogP contribution is 2.32. The van der Waals surface area contributed by atoms with E-state index in [9.17, 15) is 0 Å². The summed E-state index contributed by atoms with van der Waals surface area (Å²) in [6.45, 7) is 6.66. The highest BCUT2D eigenvalue weighted by atomic mass is 35.5. The molecule has 2 N–H and O–H groups in total. The van der Waals surface area contributed by atoms with Gasteiger partial charge in [0, 0.05) is 31.4 Å². The second kappa shape index (κ2) is 8.34. The van der Waals surface area contributed by atoms with Gasteiger partial charge in [-0.15, -0.1) is 0 Å². The van der Waals surface area contributed by atoms with E-state index < -0.39 is 0 Å². The summed E-state index contributed by atoms with van der Waals surface area (Å²) >= 11 is 6.34. The van der Waals surface area contributed by atoms with Gasteiger partial charge < -0.3 is 10.1 Å². The van der Waals surface area contributed by atoms with Gasteiger partial charge in [0.15, 0.2) is 0 Å². The Morgan fingerprint density at radius 3 is 2.83 bits per heavy atom. The van der Waals surface area contributed by atoms with E-state index in [2.05, 4.69) is 27.5 Å². The molecule has 6 heteroatoms. The molecule has 0 aliphatic carbocycles. The summed E-state index contributed by atoms with van der Waals surface area (Å²) in [6.07, 6.45) is 2.01. The lowest BCUT2D eigenvalue weighted by atomic mass is 10.1. The molecule has 0 radical (unpaired) electrons. The summed E-state index contributed by atoms with van der Waals surface area (Å²) < 4.78 is 5.69. The molecule has 0 aliphatic rings. The van der Waals surface area contributed by atoms with Crippen LogP contribution in [-0.2, 0) is 6.54 Å². The minimum atomic E-state index is 0.101. The SMILES string of the molecule is CNCCN(C)Cc1n[nH]cc1-c1ccc(OC(C)C)c(Cl)c1. The molecule has 0 saturated heterocycles. The molecule has 23 heavy (non-hydrogen) atoms. The lowest BCUT2D eigenvalue weighted by Crippen LogP contribution is -2.27.